The number of hydrogen-bond donors (Lipinski definition) is 0. The summed E-state index contributed by atoms with van der Waals surface area (Å²) in [6.45, 7) is 0. The van der Waals surface area contributed by atoms with Crippen molar-refractivity contribution in [2.75, 3.05) is 4.90 Å². The Morgan fingerprint density at radius 3 is 0.842 bits per heavy atom. The first-order valence-electron chi connectivity index (χ1n) is 19.3. The van der Waals surface area contributed by atoms with Gasteiger partial charge in [-0.1, -0.05) is 176 Å². The second-order valence-electron chi connectivity index (χ2n) is 14.4. The minimum atomic E-state index is 0.898. The van der Waals surface area contributed by atoms with Crippen LogP contribution in [0.25, 0.3) is 88.4 Å². The molecule has 11 aromatic rings. The lowest BCUT2D eigenvalue weighted by Gasteiger charge is -2.26. The lowest BCUT2D eigenvalue weighted by Crippen LogP contribution is -2.09. The van der Waals surface area contributed by atoms with Crippen LogP contribution >= 0.6 is 0 Å². The van der Waals surface area contributed by atoms with Crippen LogP contribution in [-0.4, -0.2) is 0 Å². The Kier molecular flexibility index (Phi) is 7.82. The highest BCUT2D eigenvalue weighted by molar-refractivity contribution is 6.14. The van der Waals surface area contributed by atoms with Crippen LogP contribution in [0.5, 0.6) is 0 Å². The van der Waals surface area contributed by atoms with Crippen molar-refractivity contribution < 1.29 is 8.83 Å². The van der Waals surface area contributed by atoms with Gasteiger partial charge >= 0.3 is 0 Å². The van der Waals surface area contributed by atoms with Crippen LogP contribution in [0.1, 0.15) is 0 Å². The second-order valence-corrected chi connectivity index (χ2v) is 14.4. The van der Waals surface area contributed by atoms with E-state index in [1.54, 1.807) is 0 Å². The third kappa shape index (κ3) is 5.60. The van der Waals surface area contributed by atoms with E-state index in [4.69, 9.17) is 8.83 Å². The molecule has 57 heavy (non-hydrogen) atoms. The first-order valence-corrected chi connectivity index (χ1v) is 19.3. The number of hydrogen-bond acceptors (Lipinski definition) is 3. The molecule has 0 unspecified atom stereocenters. The molecule has 3 heteroatoms. The van der Waals surface area contributed by atoms with E-state index in [-0.39, 0.29) is 0 Å². The fourth-order valence-electron chi connectivity index (χ4n) is 8.39. The van der Waals surface area contributed by atoms with E-state index < -0.39 is 0 Å². The quantitative estimate of drug-likeness (QED) is 0.164. The summed E-state index contributed by atoms with van der Waals surface area (Å²) < 4.78 is 13.5. The zero-order chi connectivity index (χ0) is 37.7. The first kappa shape index (κ1) is 32.8. The normalized spacial score (nSPS) is 11.5. The molecule has 0 N–H and O–H groups in total. The van der Waals surface area contributed by atoms with Gasteiger partial charge in [0.1, 0.15) is 22.3 Å². The first-order chi connectivity index (χ1) is 28.3. The molecule has 2 aromatic heterocycles. The van der Waals surface area contributed by atoms with Gasteiger partial charge in [-0.15, -0.1) is 0 Å². The zero-order valence-corrected chi connectivity index (χ0v) is 31.0. The maximum absolute atomic E-state index is 6.74. The lowest BCUT2D eigenvalue weighted by molar-refractivity contribution is 0.670. The highest BCUT2D eigenvalue weighted by Crippen LogP contribution is 2.43. The largest absolute Gasteiger partial charge is 0.455 e. The molecule has 9 aromatic carbocycles. The third-order valence-electron chi connectivity index (χ3n) is 11.1. The van der Waals surface area contributed by atoms with E-state index in [1.165, 1.54) is 0 Å². The van der Waals surface area contributed by atoms with Crippen LogP contribution in [0.2, 0.25) is 0 Å². The number of fused-ring (bicyclic) bond motifs is 6. The molecule has 0 radical (unpaired) electrons. The fraction of sp³-hybridized carbons (Fsp3) is 0. The molecule has 0 saturated carbocycles. The molecule has 3 nitrogen and oxygen atoms in total. The molecule has 0 fully saturated rings. The highest BCUT2D eigenvalue weighted by Gasteiger charge is 2.19. The minimum absolute atomic E-state index is 0.898. The molecule has 0 aliphatic rings. The summed E-state index contributed by atoms with van der Waals surface area (Å²) in [5.41, 5.74) is 15.7. The van der Waals surface area contributed by atoms with E-state index in [0.29, 0.717) is 0 Å². The van der Waals surface area contributed by atoms with E-state index in [1.807, 2.05) is 12.1 Å². The molecule has 0 spiro atoms. The van der Waals surface area contributed by atoms with Crippen LogP contribution in [-0.2, 0) is 0 Å². The van der Waals surface area contributed by atoms with Crippen LogP contribution in [0.15, 0.2) is 221 Å². The van der Waals surface area contributed by atoms with Crippen molar-refractivity contribution >= 4 is 60.9 Å². The number of benzene rings is 9. The maximum atomic E-state index is 6.74. The van der Waals surface area contributed by atoms with Gasteiger partial charge in [0.25, 0.3) is 0 Å². The number of nitrogens with zero attached hydrogens (tertiary/aromatic N) is 1. The van der Waals surface area contributed by atoms with Crippen molar-refractivity contribution in [2.45, 2.75) is 0 Å². The Bertz CT molecular complexity index is 3000. The number of furan rings is 2. The highest BCUT2D eigenvalue weighted by atomic mass is 16.3. The summed E-state index contributed by atoms with van der Waals surface area (Å²) in [7, 11) is 0. The summed E-state index contributed by atoms with van der Waals surface area (Å²) in [5.74, 6) is 0. The molecule has 2 heterocycles. The molecule has 268 valence electrons. The maximum Gasteiger partial charge on any atom is 0.143 e. The average Bonchev–Trinajstić information content (AvgIpc) is 3.87. The summed E-state index contributed by atoms with van der Waals surface area (Å²) in [6.07, 6.45) is 0. The number of rotatable bonds is 7. The Hall–Kier alpha value is -7.62. The van der Waals surface area contributed by atoms with E-state index in [2.05, 4.69) is 205 Å². The summed E-state index contributed by atoms with van der Waals surface area (Å²) >= 11 is 0. The summed E-state index contributed by atoms with van der Waals surface area (Å²) in [5, 5.41) is 4.48. The predicted octanol–water partition coefficient (Wildman–Crippen LogP) is 15.6. The van der Waals surface area contributed by atoms with Gasteiger partial charge in [-0.3, -0.25) is 0 Å². The topological polar surface area (TPSA) is 29.5 Å². The lowest BCUT2D eigenvalue weighted by atomic mass is 9.99. The average molecular weight is 730 g/mol. The SMILES string of the molecule is c1ccc(-c2cccc3c2oc2c(-c4ccc(N(c5ccccc5)c5ccc(-c6cccc7c6oc6c(-c8ccccc8)cccc67)cc5)cc4)cccc23)cc1. The summed E-state index contributed by atoms with van der Waals surface area (Å²) in [6, 6.07) is 74.8. The van der Waals surface area contributed by atoms with Crippen molar-refractivity contribution in [3.8, 4) is 44.5 Å². The molecule has 0 amide bonds. The van der Waals surface area contributed by atoms with Crippen LogP contribution < -0.4 is 4.90 Å². The van der Waals surface area contributed by atoms with Gasteiger partial charge in [0, 0.05) is 60.9 Å². The van der Waals surface area contributed by atoms with E-state index >= 15 is 0 Å². The van der Waals surface area contributed by atoms with Crippen molar-refractivity contribution in [3.63, 3.8) is 0 Å². The second kappa shape index (κ2) is 13.6. The molecular formula is C54H35NO2. The molecule has 11 rings (SSSR count). The standard InChI is InChI=1S/C54H35NO2/c1-4-14-36(15-5-1)43-20-10-24-47-49-26-12-22-45(53(49)56-51(43)47)38-28-32-41(33-29-38)55(40-18-8-3-9-19-40)42-34-30-39(31-35-42)46-23-13-27-50-48-25-11-21-44(52(48)57-54(46)50)37-16-6-2-7-17-37/h1-35H. The molecule has 0 bridgehead atoms. The van der Waals surface area contributed by atoms with Gasteiger partial charge in [-0.05, 0) is 58.7 Å². The third-order valence-corrected chi connectivity index (χ3v) is 11.1. The van der Waals surface area contributed by atoms with Gasteiger partial charge in [-0.25, -0.2) is 0 Å². The molecule has 0 atom stereocenters. The molecule has 0 saturated heterocycles. The van der Waals surface area contributed by atoms with Crippen LogP contribution in [0.3, 0.4) is 0 Å². The Morgan fingerprint density at radius 2 is 0.509 bits per heavy atom. The predicted molar refractivity (Wildman–Crippen MR) is 237 cm³/mol. The van der Waals surface area contributed by atoms with Gasteiger partial charge in [-0.2, -0.15) is 0 Å². The molecule has 0 aliphatic heterocycles. The van der Waals surface area contributed by atoms with Crippen molar-refractivity contribution in [1.82, 2.24) is 0 Å². The van der Waals surface area contributed by atoms with Gasteiger partial charge in [0.15, 0.2) is 0 Å². The van der Waals surface area contributed by atoms with Gasteiger partial charge < -0.3 is 13.7 Å². The van der Waals surface area contributed by atoms with E-state index in [9.17, 15) is 0 Å². The van der Waals surface area contributed by atoms with E-state index in [0.717, 1.165) is 105 Å². The van der Waals surface area contributed by atoms with Crippen LogP contribution in [0.4, 0.5) is 17.1 Å². The number of para-hydroxylation sites is 5. The Morgan fingerprint density at radius 1 is 0.228 bits per heavy atom. The monoisotopic (exact) mass is 729 g/mol. The molecule has 0 aliphatic carbocycles. The van der Waals surface area contributed by atoms with Crippen molar-refractivity contribution in [2.24, 2.45) is 0 Å². The number of anilines is 3. The molecular weight excluding hydrogens is 695 g/mol. The minimum Gasteiger partial charge on any atom is -0.455 e. The van der Waals surface area contributed by atoms with Gasteiger partial charge in [0.2, 0.25) is 0 Å². The fourth-order valence-corrected chi connectivity index (χ4v) is 8.39. The van der Waals surface area contributed by atoms with Crippen molar-refractivity contribution in [3.05, 3.63) is 212 Å². The Balaban J connectivity index is 0.964. The van der Waals surface area contributed by atoms with Crippen molar-refractivity contribution in [1.29, 1.82) is 0 Å². The smallest absolute Gasteiger partial charge is 0.143 e. The zero-order valence-electron chi connectivity index (χ0n) is 31.0. The van der Waals surface area contributed by atoms with Crippen LogP contribution in [0, 0.1) is 0 Å². The Labute approximate surface area is 330 Å². The van der Waals surface area contributed by atoms with Gasteiger partial charge in [0.05, 0.1) is 0 Å². The summed E-state index contributed by atoms with van der Waals surface area (Å²) in [4.78, 5) is 2.30.